The van der Waals surface area contributed by atoms with E-state index in [2.05, 4.69) is 10.2 Å². The summed E-state index contributed by atoms with van der Waals surface area (Å²) in [6.45, 7) is 2.05. The van der Waals surface area contributed by atoms with E-state index in [0.717, 1.165) is 5.56 Å². The number of aryl methyl sites for hydroxylation is 2. The first-order valence-corrected chi connectivity index (χ1v) is 6.47. The zero-order valence-electron chi connectivity index (χ0n) is 12.4. The van der Waals surface area contributed by atoms with Gasteiger partial charge in [0.25, 0.3) is 0 Å². The highest BCUT2D eigenvalue weighted by Crippen LogP contribution is 2.31. The Morgan fingerprint density at radius 2 is 2.18 bits per heavy atom. The number of nitrogens with zero attached hydrogens (tertiary/aromatic N) is 5. The van der Waals surface area contributed by atoms with Gasteiger partial charge in [0, 0.05) is 18.8 Å². The first-order chi connectivity index (χ1) is 10.3. The summed E-state index contributed by atoms with van der Waals surface area (Å²) in [5.74, 6) is 0.126. The number of alkyl halides is 1. The molecule has 9 nitrogen and oxygen atoms in total. The lowest BCUT2D eigenvalue weighted by molar-refractivity contribution is -0.386. The number of hydrogen-bond donors (Lipinski definition) is 1. The molecular formula is C12H16FN5O4. The van der Waals surface area contributed by atoms with Crippen molar-refractivity contribution < 1.29 is 19.2 Å². The SMILES string of the molecule is Cc1cn(C)nc1-n1nc(OCC(F)CO)c([N+](=O)[O-])c1C. The highest BCUT2D eigenvalue weighted by Gasteiger charge is 2.29. The number of ether oxygens (including phenoxy) is 1. The molecular weight excluding hydrogens is 297 g/mol. The number of hydrogen-bond acceptors (Lipinski definition) is 6. The molecule has 0 radical (unpaired) electrons. The first kappa shape index (κ1) is 15.9. The average Bonchev–Trinajstić information content (AvgIpc) is 2.95. The Kier molecular flexibility index (Phi) is 4.40. The summed E-state index contributed by atoms with van der Waals surface area (Å²) in [5, 5.41) is 28.0. The van der Waals surface area contributed by atoms with Gasteiger partial charge in [-0.3, -0.25) is 14.8 Å². The molecule has 0 saturated heterocycles. The molecule has 10 heteroatoms. The molecule has 22 heavy (non-hydrogen) atoms. The van der Waals surface area contributed by atoms with Gasteiger partial charge in [-0.15, -0.1) is 5.10 Å². The average molecular weight is 313 g/mol. The van der Waals surface area contributed by atoms with E-state index in [1.165, 1.54) is 11.6 Å². The van der Waals surface area contributed by atoms with Crippen LogP contribution in [0.3, 0.4) is 0 Å². The van der Waals surface area contributed by atoms with E-state index in [-0.39, 0.29) is 17.3 Å². The topological polar surface area (TPSA) is 108 Å². The van der Waals surface area contributed by atoms with Crippen molar-refractivity contribution in [2.75, 3.05) is 13.2 Å². The molecule has 1 unspecified atom stereocenters. The lowest BCUT2D eigenvalue weighted by Gasteiger charge is -2.04. The summed E-state index contributed by atoms with van der Waals surface area (Å²) in [6, 6.07) is 0. The number of nitro groups is 1. The van der Waals surface area contributed by atoms with Crippen molar-refractivity contribution in [2.45, 2.75) is 20.0 Å². The summed E-state index contributed by atoms with van der Waals surface area (Å²) in [6.07, 6.45) is 0.105. The van der Waals surface area contributed by atoms with Gasteiger partial charge in [-0.25, -0.2) is 9.07 Å². The van der Waals surface area contributed by atoms with Crippen LogP contribution in [-0.4, -0.2) is 49.0 Å². The summed E-state index contributed by atoms with van der Waals surface area (Å²) >= 11 is 0. The molecule has 0 aliphatic heterocycles. The molecule has 0 aliphatic rings. The third kappa shape index (κ3) is 2.91. The van der Waals surface area contributed by atoms with E-state index in [1.54, 1.807) is 24.9 Å². The minimum Gasteiger partial charge on any atom is -0.469 e. The van der Waals surface area contributed by atoms with Crippen molar-refractivity contribution in [2.24, 2.45) is 7.05 Å². The van der Waals surface area contributed by atoms with E-state index in [0.29, 0.717) is 5.82 Å². The highest BCUT2D eigenvalue weighted by molar-refractivity contribution is 5.49. The van der Waals surface area contributed by atoms with Crippen LogP contribution in [0.2, 0.25) is 0 Å². The predicted octanol–water partition coefficient (Wildman–Crippen LogP) is 0.840. The third-order valence-corrected chi connectivity index (χ3v) is 3.02. The first-order valence-electron chi connectivity index (χ1n) is 6.47. The normalized spacial score (nSPS) is 12.4. The van der Waals surface area contributed by atoms with Crippen LogP contribution in [0.4, 0.5) is 10.1 Å². The second kappa shape index (κ2) is 6.10. The van der Waals surface area contributed by atoms with Crippen molar-refractivity contribution in [1.29, 1.82) is 0 Å². The van der Waals surface area contributed by atoms with Crippen LogP contribution in [-0.2, 0) is 7.05 Å². The predicted molar refractivity (Wildman–Crippen MR) is 73.9 cm³/mol. The molecule has 2 aromatic heterocycles. The smallest absolute Gasteiger partial charge is 0.353 e. The number of halogens is 1. The Hall–Kier alpha value is -2.49. The van der Waals surface area contributed by atoms with Gasteiger partial charge < -0.3 is 9.84 Å². The number of aliphatic hydroxyl groups is 1. The van der Waals surface area contributed by atoms with E-state index < -0.39 is 24.3 Å². The van der Waals surface area contributed by atoms with Crippen LogP contribution in [0.5, 0.6) is 5.88 Å². The number of rotatable bonds is 6. The number of aromatic nitrogens is 4. The molecule has 120 valence electrons. The van der Waals surface area contributed by atoms with E-state index in [1.807, 2.05) is 0 Å². The lowest BCUT2D eigenvalue weighted by Crippen LogP contribution is -2.17. The monoisotopic (exact) mass is 313 g/mol. The fraction of sp³-hybridized carbons (Fsp3) is 0.500. The maximum Gasteiger partial charge on any atom is 0.353 e. The van der Waals surface area contributed by atoms with Gasteiger partial charge in [0.15, 0.2) is 12.0 Å². The molecule has 2 rings (SSSR count). The minimum absolute atomic E-state index is 0.223. The van der Waals surface area contributed by atoms with Gasteiger partial charge in [-0.05, 0) is 13.8 Å². The van der Waals surface area contributed by atoms with Gasteiger partial charge in [0.2, 0.25) is 0 Å². The second-order valence-electron chi connectivity index (χ2n) is 4.81. The van der Waals surface area contributed by atoms with Gasteiger partial charge in [0.1, 0.15) is 12.3 Å². The van der Waals surface area contributed by atoms with Crippen molar-refractivity contribution in [3.8, 4) is 11.7 Å². The van der Waals surface area contributed by atoms with Crippen molar-refractivity contribution in [3.63, 3.8) is 0 Å². The Balaban J connectivity index is 2.44. The molecule has 0 bridgehead atoms. The fourth-order valence-corrected chi connectivity index (χ4v) is 2.01. The largest absolute Gasteiger partial charge is 0.469 e. The quantitative estimate of drug-likeness (QED) is 0.625. The van der Waals surface area contributed by atoms with Crippen molar-refractivity contribution in [3.05, 3.63) is 27.6 Å². The standard InChI is InChI=1S/C12H16FN5O4/c1-7-4-16(3)14-11(7)17-8(2)10(18(20)21)12(15-17)22-6-9(13)5-19/h4,9,19H,5-6H2,1-3H3. The highest BCUT2D eigenvalue weighted by atomic mass is 19.1. The maximum atomic E-state index is 13.1. The maximum absolute atomic E-state index is 13.1. The van der Waals surface area contributed by atoms with Crippen LogP contribution in [0.15, 0.2) is 6.20 Å². The summed E-state index contributed by atoms with van der Waals surface area (Å²) in [7, 11) is 1.72. The molecule has 1 atom stereocenters. The van der Waals surface area contributed by atoms with Crippen molar-refractivity contribution in [1.82, 2.24) is 19.6 Å². The van der Waals surface area contributed by atoms with Gasteiger partial charge in [0.05, 0.1) is 11.5 Å². The van der Waals surface area contributed by atoms with Gasteiger partial charge in [-0.2, -0.15) is 5.10 Å². The Morgan fingerprint density at radius 3 is 2.68 bits per heavy atom. The van der Waals surface area contributed by atoms with E-state index in [9.17, 15) is 14.5 Å². The summed E-state index contributed by atoms with van der Waals surface area (Å²) < 4.78 is 20.9. The van der Waals surface area contributed by atoms with Crippen LogP contribution in [0.25, 0.3) is 5.82 Å². The van der Waals surface area contributed by atoms with Gasteiger partial charge in [-0.1, -0.05) is 0 Å². The van der Waals surface area contributed by atoms with Crippen LogP contribution in [0.1, 0.15) is 11.3 Å². The van der Waals surface area contributed by atoms with Gasteiger partial charge >= 0.3 is 11.6 Å². The van der Waals surface area contributed by atoms with E-state index >= 15 is 0 Å². The minimum atomic E-state index is -1.64. The number of aliphatic hydroxyl groups excluding tert-OH is 1. The summed E-state index contributed by atoms with van der Waals surface area (Å²) in [5.41, 5.74) is 0.643. The van der Waals surface area contributed by atoms with E-state index in [4.69, 9.17) is 9.84 Å². The molecule has 2 heterocycles. The fourth-order valence-electron chi connectivity index (χ4n) is 2.01. The Morgan fingerprint density at radius 1 is 1.50 bits per heavy atom. The molecule has 1 N–H and O–H groups in total. The molecule has 0 saturated carbocycles. The Labute approximate surface area is 125 Å². The molecule has 2 aromatic rings. The summed E-state index contributed by atoms with van der Waals surface area (Å²) in [4.78, 5) is 10.6. The zero-order chi connectivity index (χ0) is 16.4. The molecule has 0 aromatic carbocycles. The van der Waals surface area contributed by atoms with Crippen LogP contribution < -0.4 is 4.74 Å². The van der Waals surface area contributed by atoms with Crippen LogP contribution in [0, 0.1) is 24.0 Å². The Bertz CT molecular complexity index is 696. The lowest BCUT2D eigenvalue weighted by atomic mass is 10.3. The molecule has 0 spiro atoms. The third-order valence-electron chi connectivity index (χ3n) is 3.02. The van der Waals surface area contributed by atoms with Crippen molar-refractivity contribution >= 4 is 5.69 Å². The molecule has 0 aliphatic carbocycles. The second-order valence-corrected chi connectivity index (χ2v) is 4.81. The molecule has 0 amide bonds. The zero-order valence-corrected chi connectivity index (χ0v) is 12.4. The molecule has 0 fully saturated rings. The van der Waals surface area contributed by atoms with Crippen LogP contribution >= 0.6 is 0 Å².